The lowest BCUT2D eigenvalue weighted by molar-refractivity contribution is -0.117. The molecule has 0 aliphatic carbocycles. The van der Waals surface area contributed by atoms with Gasteiger partial charge in [-0.05, 0) is 28.8 Å². The molecule has 0 aliphatic heterocycles. The highest BCUT2D eigenvalue weighted by atomic mass is 35.5. The lowest BCUT2D eigenvalue weighted by Gasteiger charge is -2.07. The van der Waals surface area contributed by atoms with Crippen LogP contribution in [0.4, 0.5) is 4.39 Å². The number of ketones is 1. The van der Waals surface area contributed by atoms with Crippen molar-refractivity contribution in [3.63, 3.8) is 0 Å². The number of benzene rings is 2. The lowest BCUT2D eigenvalue weighted by atomic mass is 9.99. The number of carbonyl (C=O) groups is 1. The second kappa shape index (κ2) is 6.64. The molecule has 4 heteroatoms. The molecule has 0 bridgehead atoms. The molecule has 2 nitrogen and oxygen atoms in total. The van der Waals surface area contributed by atoms with E-state index in [9.17, 15) is 9.18 Å². The van der Waals surface area contributed by atoms with Gasteiger partial charge in [0.25, 0.3) is 0 Å². The van der Waals surface area contributed by atoms with E-state index in [1.54, 1.807) is 6.07 Å². The zero-order valence-corrected chi connectivity index (χ0v) is 11.7. The molecule has 0 atom stereocenters. The molecular weight excluding hydrogens is 277 g/mol. The van der Waals surface area contributed by atoms with E-state index in [-0.39, 0.29) is 17.2 Å². The quantitative estimate of drug-likeness (QED) is 0.918. The first kappa shape index (κ1) is 14.7. The molecule has 0 saturated carbocycles. The Bertz CT molecular complexity index is 628. The van der Waals surface area contributed by atoms with Gasteiger partial charge in [0.05, 0.1) is 5.02 Å². The highest BCUT2D eigenvalue weighted by molar-refractivity contribution is 6.30. The molecule has 2 rings (SSSR count). The van der Waals surface area contributed by atoms with E-state index in [2.05, 4.69) is 0 Å². The fourth-order valence-corrected chi connectivity index (χ4v) is 2.28. The van der Waals surface area contributed by atoms with E-state index in [4.69, 9.17) is 17.3 Å². The van der Waals surface area contributed by atoms with Gasteiger partial charge < -0.3 is 5.73 Å². The highest BCUT2D eigenvalue weighted by Gasteiger charge is 2.09. The Morgan fingerprint density at radius 3 is 2.45 bits per heavy atom. The van der Waals surface area contributed by atoms with E-state index in [0.29, 0.717) is 18.5 Å². The molecule has 0 amide bonds. The summed E-state index contributed by atoms with van der Waals surface area (Å²) in [5.41, 5.74) is 8.27. The van der Waals surface area contributed by atoms with Crippen LogP contribution in [0.15, 0.2) is 42.5 Å². The number of carbonyl (C=O) groups excluding carboxylic acids is 1. The van der Waals surface area contributed by atoms with Gasteiger partial charge in [-0.25, -0.2) is 4.39 Å². The predicted molar refractivity (Wildman–Crippen MR) is 78.2 cm³/mol. The second-order valence-electron chi connectivity index (χ2n) is 4.61. The van der Waals surface area contributed by atoms with Crippen molar-refractivity contribution >= 4 is 17.4 Å². The minimum absolute atomic E-state index is 0.0395. The van der Waals surface area contributed by atoms with Gasteiger partial charge in [-0.2, -0.15) is 0 Å². The average Bonchev–Trinajstić information content (AvgIpc) is 2.43. The van der Waals surface area contributed by atoms with Crippen LogP contribution in [-0.4, -0.2) is 5.78 Å². The number of rotatable bonds is 5. The molecule has 0 fully saturated rings. The van der Waals surface area contributed by atoms with E-state index in [0.717, 1.165) is 11.1 Å². The average molecular weight is 292 g/mol. The van der Waals surface area contributed by atoms with E-state index < -0.39 is 5.82 Å². The van der Waals surface area contributed by atoms with Crippen molar-refractivity contribution in [1.82, 2.24) is 0 Å². The molecule has 0 unspecified atom stereocenters. The summed E-state index contributed by atoms with van der Waals surface area (Å²) in [6, 6.07) is 11.9. The summed E-state index contributed by atoms with van der Waals surface area (Å²) >= 11 is 5.70. The Hall–Kier alpha value is -1.71. The summed E-state index contributed by atoms with van der Waals surface area (Å²) in [7, 11) is 0. The van der Waals surface area contributed by atoms with Crippen molar-refractivity contribution in [2.45, 2.75) is 19.4 Å². The topological polar surface area (TPSA) is 43.1 Å². The first-order valence-electron chi connectivity index (χ1n) is 6.32. The third-order valence-electron chi connectivity index (χ3n) is 3.11. The maximum Gasteiger partial charge on any atom is 0.141 e. The van der Waals surface area contributed by atoms with Crippen LogP contribution < -0.4 is 5.73 Å². The lowest BCUT2D eigenvalue weighted by Crippen LogP contribution is -2.10. The number of hydrogen-bond acceptors (Lipinski definition) is 2. The van der Waals surface area contributed by atoms with Crippen molar-refractivity contribution in [3.05, 3.63) is 70.0 Å². The van der Waals surface area contributed by atoms with Gasteiger partial charge in [0.1, 0.15) is 11.6 Å². The van der Waals surface area contributed by atoms with Crippen LogP contribution in [0.1, 0.15) is 16.7 Å². The molecular formula is C16H15ClFNO. The highest BCUT2D eigenvalue weighted by Crippen LogP contribution is 2.17. The second-order valence-corrected chi connectivity index (χ2v) is 5.02. The largest absolute Gasteiger partial charge is 0.326 e. The SMILES string of the molecule is NCc1ccccc1CC(=O)Cc1ccc(F)c(Cl)c1. The predicted octanol–water partition coefficient (Wildman–Crippen LogP) is 3.29. The van der Waals surface area contributed by atoms with Crippen LogP contribution in [0.25, 0.3) is 0 Å². The number of hydrogen-bond donors (Lipinski definition) is 1. The molecule has 0 aromatic heterocycles. The Labute approximate surface area is 122 Å². The number of halogens is 2. The molecule has 20 heavy (non-hydrogen) atoms. The molecule has 2 aromatic carbocycles. The summed E-state index contributed by atoms with van der Waals surface area (Å²) in [5, 5.41) is 0.0395. The molecule has 0 saturated heterocycles. The first-order valence-corrected chi connectivity index (χ1v) is 6.70. The fraction of sp³-hybridized carbons (Fsp3) is 0.188. The summed E-state index contributed by atoms with van der Waals surface area (Å²) < 4.78 is 13.1. The Morgan fingerprint density at radius 1 is 1.10 bits per heavy atom. The standard InChI is InChI=1S/C16H15ClFNO/c17-15-8-11(5-6-16(15)18)7-14(20)9-12-3-1-2-4-13(12)10-19/h1-6,8H,7,9-10,19H2. The van der Waals surface area contributed by atoms with Gasteiger partial charge in [-0.3, -0.25) is 4.79 Å². The molecule has 0 heterocycles. The van der Waals surface area contributed by atoms with E-state index in [1.807, 2.05) is 24.3 Å². The normalized spacial score (nSPS) is 10.6. The summed E-state index contributed by atoms with van der Waals surface area (Å²) in [5.74, 6) is -0.426. The maximum atomic E-state index is 13.1. The minimum atomic E-state index is -0.476. The van der Waals surface area contributed by atoms with Gasteiger partial charge in [-0.1, -0.05) is 41.9 Å². The van der Waals surface area contributed by atoms with Crippen LogP contribution in [0.2, 0.25) is 5.02 Å². The summed E-state index contributed by atoms with van der Waals surface area (Å²) in [6.07, 6.45) is 0.557. The molecule has 2 aromatic rings. The van der Waals surface area contributed by atoms with Crippen molar-refractivity contribution in [2.24, 2.45) is 5.73 Å². The third kappa shape index (κ3) is 3.65. The molecule has 0 radical (unpaired) electrons. The fourth-order valence-electron chi connectivity index (χ4n) is 2.08. The monoisotopic (exact) mass is 291 g/mol. The molecule has 104 valence electrons. The smallest absolute Gasteiger partial charge is 0.141 e. The zero-order valence-electron chi connectivity index (χ0n) is 10.9. The van der Waals surface area contributed by atoms with Crippen LogP contribution >= 0.6 is 11.6 Å². The molecule has 0 spiro atoms. The van der Waals surface area contributed by atoms with Crippen LogP contribution in [0.5, 0.6) is 0 Å². The van der Waals surface area contributed by atoms with Gasteiger partial charge in [0.2, 0.25) is 0 Å². The van der Waals surface area contributed by atoms with Crippen molar-refractivity contribution in [2.75, 3.05) is 0 Å². The third-order valence-corrected chi connectivity index (χ3v) is 3.40. The van der Waals surface area contributed by atoms with Gasteiger partial charge in [-0.15, -0.1) is 0 Å². The summed E-state index contributed by atoms with van der Waals surface area (Å²) in [6.45, 7) is 0.409. The van der Waals surface area contributed by atoms with Crippen LogP contribution in [0, 0.1) is 5.82 Å². The summed E-state index contributed by atoms with van der Waals surface area (Å²) in [4.78, 5) is 12.1. The molecule has 2 N–H and O–H groups in total. The minimum Gasteiger partial charge on any atom is -0.326 e. The Balaban J connectivity index is 2.07. The van der Waals surface area contributed by atoms with E-state index in [1.165, 1.54) is 12.1 Å². The molecule has 0 aliphatic rings. The van der Waals surface area contributed by atoms with Gasteiger partial charge in [0.15, 0.2) is 0 Å². The maximum absolute atomic E-state index is 13.1. The van der Waals surface area contributed by atoms with Gasteiger partial charge in [0, 0.05) is 19.4 Å². The number of nitrogens with two attached hydrogens (primary N) is 1. The number of Topliss-reactive ketones (excluding diaryl/α,β-unsaturated/α-hetero) is 1. The van der Waals surface area contributed by atoms with Gasteiger partial charge >= 0.3 is 0 Å². The van der Waals surface area contributed by atoms with Crippen molar-refractivity contribution in [3.8, 4) is 0 Å². The van der Waals surface area contributed by atoms with E-state index >= 15 is 0 Å². The van der Waals surface area contributed by atoms with Crippen LogP contribution in [0.3, 0.4) is 0 Å². The Kier molecular flexibility index (Phi) is 4.88. The van der Waals surface area contributed by atoms with Crippen molar-refractivity contribution < 1.29 is 9.18 Å². The Morgan fingerprint density at radius 2 is 1.80 bits per heavy atom. The van der Waals surface area contributed by atoms with Crippen LogP contribution in [-0.2, 0) is 24.2 Å². The van der Waals surface area contributed by atoms with Crippen molar-refractivity contribution in [1.29, 1.82) is 0 Å². The first-order chi connectivity index (χ1) is 9.60. The zero-order chi connectivity index (χ0) is 14.5.